The molecule has 1 N–H and O–H groups in total. The van der Waals surface area contributed by atoms with Gasteiger partial charge in [0.15, 0.2) is 5.16 Å². The summed E-state index contributed by atoms with van der Waals surface area (Å²) in [7, 11) is -3.43. The first-order valence-corrected chi connectivity index (χ1v) is 12.7. The molecule has 3 aromatic rings. The number of carbonyl (C=O) groups excluding carboxylic acids is 1. The number of thioether (sulfide) groups is 1. The second-order valence-corrected chi connectivity index (χ2v) is 10.9. The molecule has 3 heterocycles. The maximum atomic E-state index is 12.6. The minimum Gasteiger partial charge on any atom is -0.340 e. The molecule has 1 aliphatic rings. The number of hydrogen-bond acceptors (Lipinski definition) is 6. The fourth-order valence-electron chi connectivity index (χ4n) is 3.26. The lowest BCUT2D eigenvalue weighted by molar-refractivity contribution is -0.132. The summed E-state index contributed by atoms with van der Waals surface area (Å²) in [6.07, 6.45) is 1.22. The molecule has 1 amide bonds. The molecule has 0 radical (unpaired) electrons. The smallest absolute Gasteiger partial charge is 0.252 e. The Morgan fingerprint density at radius 1 is 1.14 bits per heavy atom. The largest absolute Gasteiger partial charge is 0.340 e. The van der Waals surface area contributed by atoms with Crippen LogP contribution in [0.5, 0.6) is 0 Å². The van der Waals surface area contributed by atoms with Crippen molar-refractivity contribution in [3.8, 4) is 0 Å². The molecule has 0 aliphatic carbocycles. The lowest BCUT2D eigenvalue weighted by Crippen LogP contribution is -2.50. The van der Waals surface area contributed by atoms with Gasteiger partial charge in [-0.2, -0.15) is 4.31 Å². The van der Waals surface area contributed by atoms with Gasteiger partial charge in [-0.1, -0.05) is 30.0 Å². The molecule has 0 unspecified atom stereocenters. The summed E-state index contributed by atoms with van der Waals surface area (Å²) < 4.78 is 26.9. The zero-order valence-electron chi connectivity index (χ0n) is 15.8. The monoisotopic (exact) mass is 450 g/mol. The quantitative estimate of drug-likeness (QED) is 0.442. The Morgan fingerprint density at radius 3 is 2.66 bits per heavy atom. The normalized spacial score (nSPS) is 15.8. The highest BCUT2D eigenvalue weighted by Gasteiger charge is 2.30. The second kappa shape index (κ2) is 8.86. The zero-order chi connectivity index (χ0) is 20.3. The Labute approximate surface area is 178 Å². The van der Waals surface area contributed by atoms with E-state index in [4.69, 9.17) is 0 Å². The number of nitrogens with zero attached hydrogens (tertiary/aromatic N) is 3. The van der Waals surface area contributed by atoms with Crippen LogP contribution in [0.15, 0.2) is 51.1 Å². The van der Waals surface area contributed by atoms with E-state index in [1.54, 1.807) is 34.2 Å². The molecule has 1 aromatic carbocycles. The number of amides is 1. The topological polar surface area (TPSA) is 86.4 Å². The summed E-state index contributed by atoms with van der Waals surface area (Å²) in [6.45, 7) is 1.58. The molecule has 154 valence electrons. The predicted octanol–water partition coefficient (Wildman–Crippen LogP) is 3.03. The van der Waals surface area contributed by atoms with Gasteiger partial charge in [-0.15, -0.1) is 11.3 Å². The van der Waals surface area contributed by atoms with E-state index in [0.717, 1.165) is 28.4 Å². The van der Waals surface area contributed by atoms with Crippen LogP contribution in [0.1, 0.15) is 12.8 Å². The first-order valence-electron chi connectivity index (χ1n) is 9.43. The van der Waals surface area contributed by atoms with Crippen molar-refractivity contribution in [2.24, 2.45) is 0 Å². The van der Waals surface area contributed by atoms with Gasteiger partial charge in [0.05, 0.1) is 11.0 Å². The summed E-state index contributed by atoms with van der Waals surface area (Å²) in [6, 6.07) is 11.3. The number of fused-ring (bicyclic) bond motifs is 1. The Kier molecular flexibility index (Phi) is 6.23. The molecule has 1 saturated heterocycles. The number of para-hydroxylation sites is 2. The van der Waals surface area contributed by atoms with Crippen LogP contribution < -0.4 is 0 Å². The van der Waals surface area contributed by atoms with Crippen molar-refractivity contribution < 1.29 is 13.2 Å². The van der Waals surface area contributed by atoms with Crippen LogP contribution >= 0.6 is 23.1 Å². The van der Waals surface area contributed by atoms with E-state index in [1.807, 2.05) is 24.3 Å². The lowest BCUT2D eigenvalue weighted by Gasteiger charge is -2.33. The minimum atomic E-state index is -3.43. The van der Waals surface area contributed by atoms with Crippen LogP contribution in [0, 0.1) is 0 Å². The van der Waals surface area contributed by atoms with Crippen LogP contribution in [-0.2, 0) is 14.8 Å². The number of aromatic amines is 1. The Bertz CT molecular complexity index is 1040. The van der Waals surface area contributed by atoms with Crippen LogP contribution in [-0.4, -0.2) is 65.4 Å². The summed E-state index contributed by atoms with van der Waals surface area (Å²) in [4.78, 5) is 22.0. The highest BCUT2D eigenvalue weighted by molar-refractivity contribution is 7.99. The van der Waals surface area contributed by atoms with Crippen molar-refractivity contribution in [2.45, 2.75) is 22.2 Å². The molecule has 4 rings (SSSR count). The Hall–Kier alpha value is -1.88. The van der Waals surface area contributed by atoms with Gasteiger partial charge in [0.2, 0.25) is 5.91 Å². The van der Waals surface area contributed by atoms with Crippen molar-refractivity contribution in [3.63, 3.8) is 0 Å². The standard InChI is InChI=1S/C19H22N4O3S3/c24-17(7-3-14-28-19-20-15-5-1-2-6-16(15)21-19)22-9-11-23(12-10-22)29(25,26)18-8-4-13-27-18/h1-2,4-6,8,13H,3,7,9-12,14H2,(H,20,21). The van der Waals surface area contributed by atoms with Gasteiger partial charge in [-0.3, -0.25) is 4.79 Å². The number of thiophene rings is 1. The average Bonchev–Trinajstić information content (AvgIpc) is 3.41. The number of piperazine rings is 1. The fourth-order valence-corrected chi connectivity index (χ4v) is 6.66. The summed E-state index contributed by atoms with van der Waals surface area (Å²) in [5, 5.41) is 2.63. The molecule has 0 atom stereocenters. The number of rotatable bonds is 7. The highest BCUT2D eigenvalue weighted by atomic mass is 32.2. The molecule has 7 nitrogen and oxygen atoms in total. The molecule has 0 spiro atoms. The van der Waals surface area contributed by atoms with Gasteiger partial charge in [0.25, 0.3) is 10.0 Å². The van der Waals surface area contributed by atoms with Gasteiger partial charge in [-0.25, -0.2) is 13.4 Å². The molecule has 10 heteroatoms. The van der Waals surface area contributed by atoms with Crippen molar-refractivity contribution in [1.29, 1.82) is 0 Å². The molecule has 0 saturated carbocycles. The van der Waals surface area contributed by atoms with Crippen LogP contribution in [0.3, 0.4) is 0 Å². The molecule has 1 fully saturated rings. The van der Waals surface area contributed by atoms with E-state index >= 15 is 0 Å². The number of sulfonamides is 1. The third-order valence-electron chi connectivity index (χ3n) is 4.82. The van der Waals surface area contributed by atoms with E-state index in [1.165, 1.54) is 15.6 Å². The van der Waals surface area contributed by atoms with Crippen LogP contribution in [0.2, 0.25) is 0 Å². The van der Waals surface area contributed by atoms with Gasteiger partial charge >= 0.3 is 0 Å². The number of H-pyrrole nitrogens is 1. The number of aromatic nitrogens is 2. The van der Waals surface area contributed by atoms with Crippen molar-refractivity contribution in [2.75, 3.05) is 31.9 Å². The summed E-state index contributed by atoms with van der Waals surface area (Å²) >= 11 is 2.84. The maximum absolute atomic E-state index is 12.6. The van der Waals surface area contributed by atoms with Crippen molar-refractivity contribution in [3.05, 3.63) is 41.8 Å². The molecule has 29 heavy (non-hydrogen) atoms. The lowest BCUT2D eigenvalue weighted by atomic mass is 10.2. The predicted molar refractivity (Wildman–Crippen MR) is 116 cm³/mol. The minimum absolute atomic E-state index is 0.0865. The van der Waals surface area contributed by atoms with Gasteiger partial charge in [0.1, 0.15) is 4.21 Å². The summed E-state index contributed by atoms with van der Waals surface area (Å²) in [5.41, 5.74) is 1.96. The number of carbonyl (C=O) groups is 1. The third-order valence-corrected chi connectivity index (χ3v) is 9.05. The van der Waals surface area contributed by atoms with Crippen molar-refractivity contribution in [1.82, 2.24) is 19.2 Å². The first kappa shape index (κ1) is 20.4. The average molecular weight is 451 g/mol. The number of hydrogen-bond donors (Lipinski definition) is 1. The van der Waals surface area contributed by atoms with Crippen LogP contribution in [0.25, 0.3) is 11.0 Å². The Morgan fingerprint density at radius 2 is 1.93 bits per heavy atom. The fraction of sp³-hybridized carbons (Fsp3) is 0.368. The molecule has 1 aliphatic heterocycles. The SMILES string of the molecule is O=C(CCCSc1nc2ccccc2[nH]1)N1CCN(S(=O)(=O)c2cccs2)CC1. The van der Waals surface area contributed by atoms with Gasteiger partial charge in [0, 0.05) is 38.4 Å². The van der Waals surface area contributed by atoms with E-state index in [2.05, 4.69) is 9.97 Å². The summed E-state index contributed by atoms with van der Waals surface area (Å²) in [5.74, 6) is 0.890. The zero-order valence-corrected chi connectivity index (χ0v) is 18.2. The number of benzene rings is 1. The first-order chi connectivity index (χ1) is 14.0. The molecular formula is C19H22N4O3S3. The van der Waals surface area contributed by atoms with Gasteiger partial charge in [-0.05, 0) is 30.0 Å². The highest BCUT2D eigenvalue weighted by Crippen LogP contribution is 2.23. The van der Waals surface area contributed by atoms with Gasteiger partial charge < -0.3 is 9.88 Å². The van der Waals surface area contributed by atoms with E-state index in [-0.39, 0.29) is 5.91 Å². The maximum Gasteiger partial charge on any atom is 0.252 e. The molecular weight excluding hydrogens is 428 g/mol. The Balaban J connectivity index is 1.21. The number of imidazole rings is 1. The molecule has 0 bridgehead atoms. The second-order valence-electron chi connectivity index (χ2n) is 6.73. The van der Waals surface area contributed by atoms with E-state index in [9.17, 15) is 13.2 Å². The third kappa shape index (κ3) is 4.66. The van der Waals surface area contributed by atoms with E-state index < -0.39 is 10.0 Å². The van der Waals surface area contributed by atoms with Crippen LogP contribution in [0.4, 0.5) is 0 Å². The molecule has 2 aromatic heterocycles. The number of nitrogens with one attached hydrogen (secondary N) is 1. The van der Waals surface area contributed by atoms with Crippen molar-refractivity contribution >= 4 is 50.1 Å². The van der Waals surface area contributed by atoms with E-state index in [0.29, 0.717) is 36.8 Å².